The summed E-state index contributed by atoms with van der Waals surface area (Å²) in [5.41, 5.74) is -1.12. The SMILES string of the molecule is C[C@H](OC(=O)C1CC1)C(=O)Nc1cc(C(F)(F)F)ccc1Cl. The third-order valence-corrected chi connectivity index (χ3v) is 3.45. The number of nitrogens with one attached hydrogen (secondary N) is 1. The molecule has 0 saturated heterocycles. The molecule has 120 valence electrons. The molecular formula is C14H13ClF3NO3. The van der Waals surface area contributed by atoms with Crippen LogP contribution in [-0.4, -0.2) is 18.0 Å². The Balaban J connectivity index is 2.05. The summed E-state index contributed by atoms with van der Waals surface area (Å²) in [7, 11) is 0. The van der Waals surface area contributed by atoms with Gasteiger partial charge in [-0.1, -0.05) is 11.6 Å². The second kappa shape index (κ2) is 6.16. The average molecular weight is 336 g/mol. The van der Waals surface area contributed by atoms with E-state index in [9.17, 15) is 22.8 Å². The molecule has 4 nitrogen and oxygen atoms in total. The second-order valence-electron chi connectivity index (χ2n) is 5.04. The number of amides is 1. The Morgan fingerprint density at radius 3 is 2.55 bits per heavy atom. The molecule has 1 aromatic carbocycles. The first-order chi connectivity index (χ1) is 10.2. The van der Waals surface area contributed by atoms with E-state index in [1.807, 2.05) is 0 Å². The van der Waals surface area contributed by atoms with Gasteiger partial charge in [0.2, 0.25) is 0 Å². The predicted octanol–water partition coefficient (Wildman–Crippen LogP) is 3.64. The van der Waals surface area contributed by atoms with E-state index in [2.05, 4.69) is 5.32 Å². The topological polar surface area (TPSA) is 55.4 Å². The van der Waals surface area contributed by atoms with Crippen molar-refractivity contribution in [2.24, 2.45) is 5.92 Å². The highest BCUT2D eigenvalue weighted by Crippen LogP contribution is 2.34. The van der Waals surface area contributed by atoms with Crippen molar-refractivity contribution in [3.63, 3.8) is 0 Å². The van der Waals surface area contributed by atoms with Crippen molar-refractivity contribution >= 4 is 29.2 Å². The largest absolute Gasteiger partial charge is 0.452 e. The van der Waals surface area contributed by atoms with Crippen LogP contribution in [0.3, 0.4) is 0 Å². The standard InChI is InChI=1S/C14H13ClF3NO3/c1-7(22-13(21)8-2-3-8)12(20)19-11-6-9(14(16,17)18)4-5-10(11)15/h4-8H,2-3H2,1H3,(H,19,20)/t7-/m0/s1. The van der Waals surface area contributed by atoms with Gasteiger partial charge in [-0.3, -0.25) is 9.59 Å². The van der Waals surface area contributed by atoms with Crippen LogP contribution >= 0.6 is 11.6 Å². The average Bonchev–Trinajstić information content (AvgIpc) is 3.24. The number of ether oxygens (including phenoxy) is 1. The zero-order chi connectivity index (χ0) is 16.5. The van der Waals surface area contributed by atoms with Crippen molar-refractivity contribution < 1.29 is 27.5 Å². The summed E-state index contributed by atoms with van der Waals surface area (Å²) < 4.78 is 42.8. The lowest BCUT2D eigenvalue weighted by atomic mass is 10.2. The molecule has 8 heteroatoms. The van der Waals surface area contributed by atoms with Crippen molar-refractivity contribution in [1.29, 1.82) is 0 Å². The molecule has 0 aliphatic heterocycles. The summed E-state index contributed by atoms with van der Waals surface area (Å²) in [6, 6.07) is 2.59. The van der Waals surface area contributed by atoms with E-state index in [0.717, 1.165) is 31.0 Å². The first-order valence-electron chi connectivity index (χ1n) is 6.56. The molecule has 0 radical (unpaired) electrons. The van der Waals surface area contributed by atoms with Crippen LogP contribution in [0, 0.1) is 5.92 Å². The molecule has 0 aromatic heterocycles. The van der Waals surface area contributed by atoms with E-state index in [1.165, 1.54) is 6.92 Å². The molecule has 1 atom stereocenters. The zero-order valence-corrected chi connectivity index (χ0v) is 12.3. The Bertz CT molecular complexity index is 599. The van der Waals surface area contributed by atoms with Crippen LogP contribution in [0.4, 0.5) is 18.9 Å². The van der Waals surface area contributed by atoms with Crippen LogP contribution in [-0.2, 0) is 20.5 Å². The quantitative estimate of drug-likeness (QED) is 0.855. The molecular weight excluding hydrogens is 323 g/mol. The number of carbonyl (C=O) groups excluding carboxylic acids is 2. The fourth-order valence-corrected chi connectivity index (χ4v) is 1.84. The number of anilines is 1. The molecule has 2 rings (SSSR count). The number of hydrogen-bond donors (Lipinski definition) is 1. The number of alkyl halides is 3. The third-order valence-electron chi connectivity index (χ3n) is 3.12. The molecule has 1 fully saturated rings. The van der Waals surface area contributed by atoms with Crippen LogP contribution in [0.5, 0.6) is 0 Å². The van der Waals surface area contributed by atoms with Gasteiger partial charge in [0.1, 0.15) is 0 Å². The predicted molar refractivity (Wildman–Crippen MR) is 73.4 cm³/mol. The fourth-order valence-electron chi connectivity index (χ4n) is 1.67. The summed E-state index contributed by atoms with van der Waals surface area (Å²) >= 11 is 5.77. The van der Waals surface area contributed by atoms with Crippen molar-refractivity contribution in [3.8, 4) is 0 Å². The van der Waals surface area contributed by atoms with Gasteiger partial charge < -0.3 is 10.1 Å². The fraction of sp³-hybridized carbons (Fsp3) is 0.429. The highest BCUT2D eigenvalue weighted by Gasteiger charge is 2.34. The van der Waals surface area contributed by atoms with Gasteiger partial charge in [-0.05, 0) is 38.0 Å². The third kappa shape index (κ3) is 4.13. The minimum atomic E-state index is -4.55. The highest BCUT2D eigenvalue weighted by atomic mass is 35.5. The number of carbonyl (C=O) groups is 2. The van der Waals surface area contributed by atoms with Crippen molar-refractivity contribution in [3.05, 3.63) is 28.8 Å². The molecule has 0 spiro atoms. The lowest BCUT2D eigenvalue weighted by Gasteiger charge is -2.15. The Hall–Kier alpha value is -1.76. The Morgan fingerprint density at radius 1 is 1.36 bits per heavy atom. The van der Waals surface area contributed by atoms with E-state index in [4.69, 9.17) is 16.3 Å². The minimum Gasteiger partial charge on any atom is -0.452 e. The van der Waals surface area contributed by atoms with Crippen molar-refractivity contribution in [2.45, 2.75) is 32.0 Å². The summed E-state index contributed by atoms with van der Waals surface area (Å²) in [4.78, 5) is 23.3. The molecule has 0 heterocycles. The summed E-state index contributed by atoms with van der Waals surface area (Å²) in [6.45, 7) is 1.34. The molecule has 1 aliphatic rings. The van der Waals surface area contributed by atoms with E-state index in [-0.39, 0.29) is 16.6 Å². The van der Waals surface area contributed by atoms with E-state index < -0.39 is 29.7 Å². The maximum Gasteiger partial charge on any atom is 0.416 e. The van der Waals surface area contributed by atoms with Crippen LogP contribution in [0.25, 0.3) is 0 Å². The number of esters is 1. The number of halogens is 4. The number of benzene rings is 1. The molecule has 1 N–H and O–H groups in total. The summed E-state index contributed by atoms with van der Waals surface area (Å²) in [6.07, 6.45) is -4.20. The molecule has 1 aliphatic carbocycles. The monoisotopic (exact) mass is 335 g/mol. The van der Waals surface area contributed by atoms with E-state index in [1.54, 1.807) is 0 Å². The van der Waals surface area contributed by atoms with Crippen LogP contribution in [0.15, 0.2) is 18.2 Å². The van der Waals surface area contributed by atoms with Gasteiger partial charge in [0, 0.05) is 0 Å². The first kappa shape index (κ1) is 16.6. The zero-order valence-electron chi connectivity index (χ0n) is 11.5. The van der Waals surface area contributed by atoms with Gasteiger partial charge in [0.25, 0.3) is 5.91 Å². The normalized spacial score (nSPS) is 16.0. The van der Waals surface area contributed by atoms with E-state index in [0.29, 0.717) is 0 Å². The molecule has 0 unspecified atom stereocenters. The molecule has 1 amide bonds. The maximum atomic E-state index is 12.6. The minimum absolute atomic E-state index is 0.0398. The van der Waals surface area contributed by atoms with Gasteiger partial charge >= 0.3 is 12.1 Å². The van der Waals surface area contributed by atoms with Crippen LogP contribution in [0.1, 0.15) is 25.3 Å². The van der Waals surface area contributed by atoms with Gasteiger partial charge in [-0.15, -0.1) is 0 Å². The number of hydrogen-bond acceptors (Lipinski definition) is 3. The number of rotatable bonds is 4. The van der Waals surface area contributed by atoms with Gasteiger partial charge in [-0.2, -0.15) is 13.2 Å². The Kier molecular flexibility index (Phi) is 4.65. The smallest absolute Gasteiger partial charge is 0.416 e. The summed E-state index contributed by atoms with van der Waals surface area (Å²) in [5.74, 6) is -1.39. The van der Waals surface area contributed by atoms with Gasteiger partial charge in [0.15, 0.2) is 6.10 Å². The molecule has 1 aromatic rings. The van der Waals surface area contributed by atoms with Crippen molar-refractivity contribution in [1.82, 2.24) is 0 Å². The van der Waals surface area contributed by atoms with Crippen LogP contribution < -0.4 is 5.32 Å². The van der Waals surface area contributed by atoms with E-state index >= 15 is 0 Å². The summed E-state index contributed by atoms with van der Waals surface area (Å²) in [5, 5.41) is 2.20. The maximum absolute atomic E-state index is 12.6. The molecule has 22 heavy (non-hydrogen) atoms. The van der Waals surface area contributed by atoms with Crippen molar-refractivity contribution in [2.75, 3.05) is 5.32 Å². The lowest BCUT2D eigenvalue weighted by molar-refractivity contribution is -0.154. The second-order valence-corrected chi connectivity index (χ2v) is 5.44. The highest BCUT2D eigenvalue weighted by molar-refractivity contribution is 6.33. The molecule has 1 saturated carbocycles. The van der Waals surface area contributed by atoms with Gasteiger partial charge in [-0.25, -0.2) is 0 Å². The Labute approximate surface area is 129 Å². The first-order valence-corrected chi connectivity index (χ1v) is 6.94. The molecule has 0 bridgehead atoms. The Morgan fingerprint density at radius 2 is 2.00 bits per heavy atom. The van der Waals surface area contributed by atoms with Gasteiger partial charge in [0.05, 0.1) is 22.2 Å². The van der Waals surface area contributed by atoms with Crippen LogP contribution in [0.2, 0.25) is 5.02 Å². The lowest BCUT2D eigenvalue weighted by Crippen LogP contribution is -2.30.